The Bertz CT molecular complexity index is 3600. The first-order chi connectivity index (χ1) is 32.5. The third-order valence-corrected chi connectivity index (χ3v) is 17.4. The zero-order chi connectivity index (χ0) is 46.8. The highest BCUT2D eigenvalue weighted by Crippen LogP contribution is 2.57. The number of aryl methyl sites for hydroxylation is 2. The molecule has 4 nitrogen and oxygen atoms in total. The lowest BCUT2D eigenvalue weighted by Gasteiger charge is -2.45. The van der Waals surface area contributed by atoms with E-state index in [0.29, 0.717) is 0 Å². The average Bonchev–Trinajstić information content (AvgIpc) is 3.89. The Morgan fingerprint density at radius 2 is 1.16 bits per heavy atom. The van der Waals surface area contributed by atoms with E-state index >= 15 is 0 Å². The molecule has 0 N–H and O–H groups in total. The van der Waals surface area contributed by atoms with E-state index in [4.69, 9.17) is 8.83 Å². The lowest BCUT2D eigenvalue weighted by Crippen LogP contribution is -2.61. The third kappa shape index (κ3) is 5.86. The van der Waals surface area contributed by atoms with Crippen LogP contribution in [0.25, 0.3) is 54.8 Å². The maximum absolute atomic E-state index is 7.73. The fraction of sp³-hybridized carbons (Fsp3) is 0.333. The molecule has 4 aliphatic rings. The molecule has 2 aliphatic carbocycles. The predicted molar refractivity (Wildman–Crippen MR) is 289 cm³/mol. The van der Waals surface area contributed by atoms with Crippen LogP contribution in [0, 0.1) is 6.92 Å². The first-order valence-electron chi connectivity index (χ1n) is 25.5. The number of furan rings is 2. The topological polar surface area (TPSA) is 32.8 Å². The highest BCUT2D eigenvalue weighted by Gasteiger charge is 2.51. The molecule has 9 aromatic rings. The van der Waals surface area contributed by atoms with Gasteiger partial charge < -0.3 is 18.5 Å². The minimum absolute atomic E-state index is 0.00643. The van der Waals surface area contributed by atoms with Crippen LogP contribution in [0.1, 0.15) is 134 Å². The van der Waals surface area contributed by atoms with Crippen molar-refractivity contribution >= 4 is 90.1 Å². The highest BCUT2D eigenvalue weighted by atomic mass is 16.3. The second kappa shape index (κ2) is 14.2. The van der Waals surface area contributed by atoms with Gasteiger partial charge in [-0.1, -0.05) is 129 Å². The van der Waals surface area contributed by atoms with Crippen molar-refractivity contribution in [2.45, 2.75) is 136 Å². The fourth-order valence-corrected chi connectivity index (χ4v) is 13.1. The molecule has 5 heteroatoms. The summed E-state index contributed by atoms with van der Waals surface area (Å²) in [5.74, 6) is 0. The van der Waals surface area contributed by atoms with Crippen molar-refractivity contribution in [1.82, 2.24) is 0 Å². The molecule has 2 aliphatic heterocycles. The average molecular weight is 891 g/mol. The van der Waals surface area contributed by atoms with E-state index in [9.17, 15) is 0 Å². The maximum Gasteiger partial charge on any atom is 0.376 e. The van der Waals surface area contributed by atoms with Crippen molar-refractivity contribution in [2.24, 2.45) is 0 Å². The summed E-state index contributed by atoms with van der Waals surface area (Å²) >= 11 is 0. The van der Waals surface area contributed by atoms with Gasteiger partial charge in [-0.25, -0.2) is 0 Å². The van der Waals surface area contributed by atoms with Crippen LogP contribution in [0.4, 0.5) is 28.4 Å². The van der Waals surface area contributed by atoms with Gasteiger partial charge in [-0.2, -0.15) is 0 Å². The molecule has 68 heavy (non-hydrogen) atoms. The molecule has 0 fully saturated rings. The molecule has 0 spiro atoms. The molecule has 13 rings (SSSR count). The van der Waals surface area contributed by atoms with E-state index in [2.05, 4.69) is 194 Å². The van der Waals surface area contributed by atoms with Crippen LogP contribution in [0.15, 0.2) is 124 Å². The van der Waals surface area contributed by atoms with Gasteiger partial charge in [0.25, 0.3) is 0 Å². The van der Waals surface area contributed by atoms with Crippen molar-refractivity contribution in [3.8, 4) is 11.1 Å². The van der Waals surface area contributed by atoms with Gasteiger partial charge in [-0.15, -0.1) is 0 Å². The summed E-state index contributed by atoms with van der Waals surface area (Å²) in [6.07, 6.45) is 8.01. The monoisotopic (exact) mass is 890 g/mol. The fourth-order valence-electron chi connectivity index (χ4n) is 13.1. The lowest BCUT2D eigenvalue weighted by atomic mass is 9.45. The normalized spacial score (nSPS) is 18.2. The summed E-state index contributed by atoms with van der Waals surface area (Å²) in [6.45, 7) is 23.9. The Labute approximate surface area is 402 Å². The Balaban J connectivity index is 1.22. The largest absolute Gasteiger partial charge is 0.466 e. The molecule has 0 atom stereocenters. The van der Waals surface area contributed by atoms with Crippen LogP contribution in [-0.4, -0.2) is 6.85 Å². The summed E-state index contributed by atoms with van der Waals surface area (Å²) in [4.78, 5) is 5.24. The summed E-state index contributed by atoms with van der Waals surface area (Å²) in [5, 5.41) is 5.90. The Morgan fingerprint density at radius 1 is 0.544 bits per heavy atom. The maximum atomic E-state index is 7.73. The van der Waals surface area contributed by atoms with E-state index in [1.165, 1.54) is 96.8 Å². The molecule has 0 radical (unpaired) electrons. The minimum atomic E-state index is -0.294. The second-order valence-electron chi connectivity index (χ2n) is 23.7. The van der Waals surface area contributed by atoms with Gasteiger partial charge in [0.1, 0.15) is 16.8 Å². The summed E-state index contributed by atoms with van der Waals surface area (Å²) in [6, 6.07) is 44.4. The SMILES string of the molecule is CCCCc1ccc(N2B3c4oc5cc6c(cc5c4N(c4cc5c(cc4C)C(C)(C)CCC5(C)C)c4c3c(cc3c4oc4ccccc43)-c3cc4ccccc4cc32)C(C)(C)CCC6(C)C)cc1. The molecular formula is C63H63BN2O2. The number of nitrogens with zero attached hydrogens (tertiary/aromatic N) is 2. The van der Waals surface area contributed by atoms with E-state index < -0.39 is 0 Å². The predicted octanol–water partition coefficient (Wildman–Crippen LogP) is 16.5. The molecule has 7 aromatic carbocycles. The molecule has 0 saturated heterocycles. The smallest absolute Gasteiger partial charge is 0.376 e. The van der Waals surface area contributed by atoms with Crippen LogP contribution in [0.2, 0.25) is 0 Å². The zero-order valence-corrected chi connectivity index (χ0v) is 41.7. The van der Waals surface area contributed by atoms with E-state index in [1.807, 2.05) is 0 Å². The second-order valence-corrected chi connectivity index (χ2v) is 23.7. The first-order valence-corrected chi connectivity index (χ1v) is 25.5. The van der Waals surface area contributed by atoms with Gasteiger partial charge in [0.05, 0.1) is 11.4 Å². The number of fused-ring (bicyclic) bond motifs is 13. The van der Waals surface area contributed by atoms with E-state index in [1.54, 1.807) is 0 Å². The summed E-state index contributed by atoms with van der Waals surface area (Å²) < 4.78 is 15.1. The van der Waals surface area contributed by atoms with Crippen molar-refractivity contribution in [3.63, 3.8) is 0 Å². The number of anilines is 5. The molecule has 2 aromatic heterocycles. The van der Waals surface area contributed by atoms with Crippen LogP contribution in [0.5, 0.6) is 0 Å². The molecule has 340 valence electrons. The van der Waals surface area contributed by atoms with Gasteiger partial charge in [-0.05, 0) is 177 Å². The van der Waals surface area contributed by atoms with E-state index in [-0.39, 0.29) is 28.5 Å². The van der Waals surface area contributed by atoms with Gasteiger partial charge in [0.15, 0.2) is 5.58 Å². The third-order valence-electron chi connectivity index (χ3n) is 17.4. The van der Waals surface area contributed by atoms with Crippen LogP contribution in [-0.2, 0) is 28.1 Å². The van der Waals surface area contributed by atoms with Crippen LogP contribution in [0.3, 0.4) is 0 Å². The van der Waals surface area contributed by atoms with Crippen molar-refractivity contribution in [2.75, 3.05) is 9.71 Å². The highest BCUT2D eigenvalue weighted by molar-refractivity contribution is 6.93. The minimum Gasteiger partial charge on any atom is -0.466 e. The quantitative estimate of drug-likeness (QED) is 0.161. The van der Waals surface area contributed by atoms with Gasteiger partial charge >= 0.3 is 6.85 Å². The van der Waals surface area contributed by atoms with Crippen molar-refractivity contribution in [1.29, 1.82) is 0 Å². The molecular weight excluding hydrogens is 828 g/mol. The Kier molecular flexibility index (Phi) is 8.75. The van der Waals surface area contributed by atoms with Crippen LogP contribution >= 0.6 is 0 Å². The summed E-state index contributed by atoms with van der Waals surface area (Å²) in [7, 11) is 0. The number of hydrogen-bond donors (Lipinski definition) is 0. The Morgan fingerprint density at radius 3 is 1.85 bits per heavy atom. The molecule has 0 bridgehead atoms. The number of unbranched alkanes of at least 4 members (excludes halogenated alkanes) is 1. The number of para-hydroxylation sites is 1. The van der Waals surface area contributed by atoms with Crippen molar-refractivity contribution in [3.05, 3.63) is 149 Å². The van der Waals surface area contributed by atoms with Crippen molar-refractivity contribution < 1.29 is 8.83 Å². The van der Waals surface area contributed by atoms with Gasteiger partial charge in [-0.3, -0.25) is 0 Å². The number of benzene rings is 7. The standard InChI is InChI=1S/C63H63BN2O2/c1-11-12-17-38-22-24-41(25-23-38)66-52-32-40-19-14-13-18-39(40)31-43(52)44-33-45-42-20-15-16-21-53(42)67-58(45)57-55(44)64(66)59-56(46-34-48-50(36-54(46)68-59)63(9,10)29-27-61(48,5)6)65(57)51-35-49-47(30-37(51)2)60(3,4)26-28-62(49,7)8/h13-16,18-25,30-36H,11-12,17,26-29H2,1-10H3. The van der Waals surface area contributed by atoms with E-state index in [0.717, 1.165) is 75.9 Å². The van der Waals surface area contributed by atoms with Gasteiger partial charge in [0, 0.05) is 38.8 Å². The molecule has 4 heterocycles. The zero-order valence-electron chi connectivity index (χ0n) is 41.7. The number of hydrogen-bond acceptors (Lipinski definition) is 4. The molecule has 0 amide bonds. The van der Waals surface area contributed by atoms with Crippen LogP contribution < -0.4 is 20.8 Å². The Hall–Kier alpha value is -6.20. The lowest BCUT2D eigenvalue weighted by molar-refractivity contribution is 0.332. The molecule has 0 saturated carbocycles. The van der Waals surface area contributed by atoms with Gasteiger partial charge in [0.2, 0.25) is 0 Å². The number of rotatable bonds is 5. The molecule has 0 unspecified atom stereocenters. The summed E-state index contributed by atoms with van der Waals surface area (Å²) in [5.41, 5.74) is 21.7. The first kappa shape index (κ1) is 41.9.